The zero-order chi connectivity index (χ0) is 47.0. The maximum absolute atomic E-state index is 12.8. The van der Waals surface area contributed by atoms with Crippen LogP contribution in [0.3, 0.4) is 0 Å². The summed E-state index contributed by atoms with van der Waals surface area (Å²) < 4.78 is 39.2. The number of allylic oxidation sites excluding steroid dienone is 12. The topological polar surface area (TPSA) is 155 Å². The van der Waals surface area contributed by atoms with Crippen LogP contribution < -0.4 is 0 Å². The average molecular weight is 921 g/mol. The molecule has 12 heteroatoms. The number of unbranched alkanes of at least 4 members (excludes halogenated alkanes) is 16. The minimum Gasteiger partial charge on any atom is -0.462 e. The number of phosphoric acid groups is 1. The Hall–Kier alpha value is -3.08. The zero-order valence-electron chi connectivity index (χ0n) is 40.2. The molecule has 0 aliphatic carbocycles. The normalized spacial score (nSPS) is 14.1. The van der Waals surface area contributed by atoms with Gasteiger partial charge in [-0.25, -0.2) is 4.57 Å². The fraction of sp³-hybridized carbons (Fsp3) is 0.712. The molecular formula is C52H89O11P. The van der Waals surface area contributed by atoms with E-state index < -0.39 is 57.8 Å². The Kier molecular flexibility index (Phi) is 44.2. The summed E-state index contributed by atoms with van der Waals surface area (Å²) in [5.41, 5.74) is 0. The van der Waals surface area contributed by atoms with Crippen LogP contribution >= 0.6 is 7.82 Å². The van der Waals surface area contributed by atoms with Crippen LogP contribution in [0.4, 0.5) is 0 Å². The summed E-state index contributed by atoms with van der Waals surface area (Å²) in [6.07, 6.45) is 48.9. The maximum atomic E-state index is 12.8. The van der Waals surface area contributed by atoms with Crippen LogP contribution in [0.2, 0.25) is 0 Å². The van der Waals surface area contributed by atoms with Gasteiger partial charge in [0, 0.05) is 19.3 Å². The number of hydrogen-bond donors (Lipinski definition) is 2. The average Bonchev–Trinajstić information content (AvgIpc) is 3.28. The first kappa shape index (κ1) is 60.9. The molecule has 0 aliphatic rings. The molecule has 0 radical (unpaired) electrons. The molecule has 0 aromatic carbocycles. The molecule has 0 aliphatic heterocycles. The quantitative estimate of drug-likeness (QED) is 0.0197. The summed E-state index contributed by atoms with van der Waals surface area (Å²) in [7, 11) is -4.75. The van der Waals surface area contributed by atoms with Crippen LogP contribution in [0, 0.1) is 0 Å². The van der Waals surface area contributed by atoms with E-state index in [-0.39, 0.29) is 25.9 Å². The minimum atomic E-state index is -4.75. The highest BCUT2D eigenvalue weighted by Gasteiger charge is 2.28. The second-order valence-corrected chi connectivity index (χ2v) is 17.7. The molecule has 3 atom stereocenters. The number of rotatable bonds is 45. The molecule has 0 saturated carbocycles. The molecule has 0 fully saturated rings. The van der Waals surface area contributed by atoms with Gasteiger partial charge in [0.15, 0.2) is 6.10 Å². The molecule has 0 aromatic rings. The van der Waals surface area contributed by atoms with Crippen LogP contribution in [-0.2, 0) is 42.2 Å². The lowest BCUT2D eigenvalue weighted by Gasteiger charge is -2.21. The van der Waals surface area contributed by atoms with Gasteiger partial charge in [-0.2, -0.15) is 0 Å². The molecule has 368 valence electrons. The van der Waals surface area contributed by atoms with E-state index in [0.29, 0.717) is 19.3 Å². The summed E-state index contributed by atoms with van der Waals surface area (Å²) in [5, 5.41) is 9.73. The summed E-state index contributed by atoms with van der Waals surface area (Å²) >= 11 is 0. The van der Waals surface area contributed by atoms with Gasteiger partial charge >= 0.3 is 25.7 Å². The number of phosphoric ester groups is 1. The number of hydrogen-bond acceptors (Lipinski definition) is 10. The number of carbonyl (C=O) groups is 3. The van der Waals surface area contributed by atoms with Gasteiger partial charge in [-0.15, -0.1) is 0 Å². The Morgan fingerprint density at radius 1 is 0.453 bits per heavy atom. The van der Waals surface area contributed by atoms with Crippen LogP contribution in [0.15, 0.2) is 72.9 Å². The Morgan fingerprint density at radius 3 is 1.34 bits per heavy atom. The lowest BCUT2D eigenvalue weighted by atomic mass is 10.1. The lowest BCUT2D eigenvalue weighted by molar-refractivity contribution is -0.161. The molecule has 0 heterocycles. The SMILES string of the molecule is CC/C=C\C/C=C\C/C=C\C/C=C\CCCCC(=O)OCC(COP(=O)(O)OCC(CO)OC(=O)CCCCCCCCCCC)OC(=O)CCCCCCC/C=C\C/C=C\CCC. The van der Waals surface area contributed by atoms with E-state index in [1.54, 1.807) is 0 Å². The summed E-state index contributed by atoms with van der Waals surface area (Å²) in [6.45, 7) is 4.35. The molecule has 0 spiro atoms. The Balaban J connectivity index is 4.84. The van der Waals surface area contributed by atoms with Crippen LogP contribution in [0.1, 0.15) is 201 Å². The second kappa shape index (κ2) is 46.4. The van der Waals surface area contributed by atoms with E-state index in [4.69, 9.17) is 23.3 Å². The molecular weight excluding hydrogens is 832 g/mol. The van der Waals surface area contributed by atoms with Gasteiger partial charge in [0.2, 0.25) is 0 Å². The third-order valence-corrected chi connectivity index (χ3v) is 11.0. The van der Waals surface area contributed by atoms with Crippen molar-refractivity contribution >= 4 is 25.7 Å². The van der Waals surface area contributed by atoms with Gasteiger partial charge in [-0.1, -0.05) is 171 Å². The molecule has 0 saturated heterocycles. The highest BCUT2D eigenvalue weighted by molar-refractivity contribution is 7.47. The van der Waals surface area contributed by atoms with Crippen molar-refractivity contribution < 1.29 is 52.2 Å². The third-order valence-electron chi connectivity index (χ3n) is 10.1. The van der Waals surface area contributed by atoms with E-state index in [9.17, 15) is 28.9 Å². The van der Waals surface area contributed by atoms with Gasteiger partial charge in [-0.05, 0) is 83.5 Å². The van der Waals surface area contributed by atoms with Crippen molar-refractivity contribution in [2.75, 3.05) is 26.4 Å². The predicted molar refractivity (Wildman–Crippen MR) is 261 cm³/mol. The van der Waals surface area contributed by atoms with Crippen LogP contribution in [0.5, 0.6) is 0 Å². The van der Waals surface area contributed by atoms with E-state index in [0.717, 1.165) is 109 Å². The van der Waals surface area contributed by atoms with E-state index in [1.807, 2.05) is 0 Å². The summed E-state index contributed by atoms with van der Waals surface area (Å²) in [6, 6.07) is 0. The molecule has 2 N–H and O–H groups in total. The first-order valence-corrected chi connectivity index (χ1v) is 26.3. The second-order valence-electron chi connectivity index (χ2n) is 16.2. The fourth-order valence-electron chi connectivity index (χ4n) is 6.32. The monoisotopic (exact) mass is 921 g/mol. The highest BCUT2D eigenvalue weighted by atomic mass is 31.2. The number of ether oxygens (including phenoxy) is 3. The summed E-state index contributed by atoms with van der Waals surface area (Å²) in [5.74, 6) is -1.54. The van der Waals surface area contributed by atoms with Crippen molar-refractivity contribution in [2.24, 2.45) is 0 Å². The van der Waals surface area contributed by atoms with E-state index in [1.165, 1.54) is 32.1 Å². The zero-order valence-corrected chi connectivity index (χ0v) is 41.1. The molecule has 0 rings (SSSR count). The standard InChI is InChI=1S/C52H89O11P/c1-4-7-10-13-16-19-21-23-24-26-27-30-32-35-38-41-50(54)59-45-49(63-52(56)43-40-37-34-31-28-25-22-20-17-14-11-8-5-2)47-61-64(57,58)60-46-48(44-53)62-51(55)42-39-36-33-29-18-15-12-9-6-3/h7,10-11,14,16,19-20,22-24,27,30,48-49,53H,4-6,8-9,12-13,15,17-18,21,25-26,28-29,31-47H2,1-3H3,(H,57,58)/b10-7-,14-11-,19-16-,22-20-,24-23-,30-27-. The van der Waals surface area contributed by atoms with Crippen molar-refractivity contribution in [3.8, 4) is 0 Å². The van der Waals surface area contributed by atoms with E-state index >= 15 is 0 Å². The minimum absolute atomic E-state index is 0.140. The Labute approximate surface area is 388 Å². The molecule has 0 amide bonds. The van der Waals surface area contributed by atoms with Crippen molar-refractivity contribution in [1.29, 1.82) is 0 Å². The molecule has 0 bridgehead atoms. The highest BCUT2D eigenvalue weighted by Crippen LogP contribution is 2.43. The van der Waals surface area contributed by atoms with Crippen molar-refractivity contribution in [3.05, 3.63) is 72.9 Å². The number of aliphatic hydroxyl groups is 1. The lowest BCUT2D eigenvalue weighted by Crippen LogP contribution is -2.30. The smallest absolute Gasteiger partial charge is 0.462 e. The first-order valence-electron chi connectivity index (χ1n) is 24.8. The van der Waals surface area contributed by atoms with Gasteiger partial charge in [0.1, 0.15) is 12.7 Å². The van der Waals surface area contributed by atoms with Crippen molar-refractivity contribution in [1.82, 2.24) is 0 Å². The Morgan fingerprint density at radius 2 is 0.844 bits per heavy atom. The molecule has 11 nitrogen and oxygen atoms in total. The largest absolute Gasteiger partial charge is 0.472 e. The van der Waals surface area contributed by atoms with Crippen LogP contribution in [0.25, 0.3) is 0 Å². The van der Waals surface area contributed by atoms with Crippen LogP contribution in [-0.4, -0.2) is 66.5 Å². The maximum Gasteiger partial charge on any atom is 0.472 e. The van der Waals surface area contributed by atoms with Gasteiger partial charge in [0.25, 0.3) is 0 Å². The number of carbonyl (C=O) groups excluding carboxylic acids is 3. The predicted octanol–water partition coefficient (Wildman–Crippen LogP) is 13.8. The molecule has 0 aromatic heterocycles. The fourth-order valence-corrected chi connectivity index (χ4v) is 7.11. The van der Waals surface area contributed by atoms with E-state index in [2.05, 4.69) is 93.7 Å². The molecule has 64 heavy (non-hydrogen) atoms. The van der Waals surface area contributed by atoms with Gasteiger partial charge < -0.3 is 24.2 Å². The van der Waals surface area contributed by atoms with Gasteiger partial charge in [-0.3, -0.25) is 23.4 Å². The Bertz CT molecular complexity index is 1350. The van der Waals surface area contributed by atoms with Gasteiger partial charge in [0.05, 0.1) is 19.8 Å². The third kappa shape index (κ3) is 44.1. The van der Waals surface area contributed by atoms with Crippen molar-refractivity contribution in [2.45, 2.75) is 213 Å². The summed E-state index contributed by atoms with van der Waals surface area (Å²) in [4.78, 5) is 48.1. The van der Waals surface area contributed by atoms with Crippen molar-refractivity contribution in [3.63, 3.8) is 0 Å². The molecule has 3 unspecified atom stereocenters. The first-order chi connectivity index (χ1) is 31.2. The number of esters is 3. The number of aliphatic hydroxyl groups excluding tert-OH is 1.